The van der Waals surface area contributed by atoms with Gasteiger partial charge in [-0.15, -0.1) is 11.3 Å². The highest BCUT2D eigenvalue weighted by atomic mass is 35.5. The van der Waals surface area contributed by atoms with Gasteiger partial charge in [0.15, 0.2) is 18.1 Å². The highest BCUT2D eigenvalue weighted by molar-refractivity contribution is 7.20. The van der Waals surface area contributed by atoms with Crippen molar-refractivity contribution in [3.63, 3.8) is 0 Å². The lowest BCUT2D eigenvalue weighted by Gasteiger charge is -2.18. The summed E-state index contributed by atoms with van der Waals surface area (Å²) < 4.78 is 16.9. The van der Waals surface area contributed by atoms with Gasteiger partial charge in [0.1, 0.15) is 13.2 Å². The zero-order valence-electron chi connectivity index (χ0n) is 15.1. The standard InChI is InChI=1S/C21H16ClNO5S/c22-21-14-3-1-2-4-17(14)29-18(21)7-8-20(25)28-12-19(24)23-13-5-6-15-16(11-13)27-10-9-26-15/h1-8,11H,9-10,12H2,(H,23,24)/b8-7+. The van der Waals surface area contributed by atoms with E-state index in [0.29, 0.717) is 35.4 Å². The highest BCUT2D eigenvalue weighted by Crippen LogP contribution is 2.36. The number of rotatable bonds is 5. The van der Waals surface area contributed by atoms with E-state index in [1.165, 1.54) is 17.4 Å². The van der Waals surface area contributed by atoms with Gasteiger partial charge in [-0.2, -0.15) is 0 Å². The summed E-state index contributed by atoms with van der Waals surface area (Å²) in [5, 5.41) is 4.18. The number of nitrogens with one attached hydrogen (secondary N) is 1. The Bertz CT molecular complexity index is 1110. The molecule has 0 radical (unpaired) electrons. The largest absolute Gasteiger partial charge is 0.486 e. The zero-order chi connectivity index (χ0) is 20.2. The molecule has 148 valence electrons. The molecule has 8 heteroatoms. The fourth-order valence-corrected chi connectivity index (χ4v) is 4.19. The van der Waals surface area contributed by atoms with Gasteiger partial charge in [-0.05, 0) is 24.3 Å². The zero-order valence-corrected chi connectivity index (χ0v) is 16.7. The Balaban J connectivity index is 1.31. The lowest BCUT2D eigenvalue weighted by molar-refractivity contribution is -0.142. The van der Waals surface area contributed by atoms with Crippen molar-refractivity contribution in [1.82, 2.24) is 0 Å². The molecule has 0 fully saturated rings. The fraction of sp³-hybridized carbons (Fsp3) is 0.143. The van der Waals surface area contributed by atoms with Gasteiger partial charge in [0.25, 0.3) is 5.91 Å². The normalized spacial score (nSPS) is 12.9. The molecule has 2 heterocycles. The monoisotopic (exact) mass is 429 g/mol. The van der Waals surface area contributed by atoms with E-state index < -0.39 is 18.5 Å². The summed E-state index contributed by atoms with van der Waals surface area (Å²) in [7, 11) is 0. The number of esters is 1. The lowest BCUT2D eigenvalue weighted by atomic mass is 10.2. The quantitative estimate of drug-likeness (QED) is 0.476. The number of hydrogen-bond donors (Lipinski definition) is 1. The third-order valence-corrected chi connectivity index (χ3v) is 5.76. The Hall–Kier alpha value is -3.03. The van der Waals surface area contributed by atoms with Crippen LogP contribution in [0.2, 0.25) is 5.02 Å². The van der Waals surface area contributed by atoms with Gasteiger partial charge in [-0.25, -0.2) is 4.79 Å². The van der Waals surface area contributed by atoms with Crippen LogP contribution < -0.4 is 14.8 Å². The number of benzene rings is 2. The third kappa shape index (κ3) is 4.52. The highest BCUT2D eigenvalue weighted by Gasteiger charge is 2.13. The molecule has 29 heavy (non-hydrogen) atoms. The molecule has 3 aromatic rings. The van der Waals surface area contributed by atoms with Gasteiger partial charge >= 0.3 is 5.97 Å². The SMILES string of the molecule is O=C(COC(=O)/C=C/c1sc2ccccc2c1Cl)Nc1ccc2c(c1)OCCO2. The maximum absolute atomic E-state index is 12.0. The molecule has 0 bridgehead atoms. The molecule has 4 rings (SSSR count). The summed E-state index contributed by atoms with van der Waals surface area (Å²) in [6.45, 7) is 0.546. The molecule has 0 spiro atoms. The number of anilines is 1. The summed E-state index contributed by atoms with van der Waals surface area (Å²) >= 11 is 7.81. The summed E-state index contributed by atoms with van der Waals surface area (Å²) in [4.78, 5) is 24.7. The summed E-state index contributed by atoms with van der Waals surface area (Å²) in [5.74, 6) is 0.110. The minimum atomic E-state index is -0.629. The Kier molecular flexibility index (Phi) is 5.69. The first-order chi connectivity index (χ1) is 14.1. The molecule has 0 saturated heterocycles. The molecule has 1 aliphatic rings. The second-order valence-electron chi connectivity index (χ2n) is 6.12. The second kappa shape index (κ2) is 8.55. The molecule has 1 amide bonds. The first-order valence-electron chi connectivity index (χ1n) is 8.81. The van der Waals surface area contributed by atoms with Crippen molar-refractivity contribution in [1.29, 1.82) is 0 Å². The summed E-state index contributed by atoms with van der Waals surface area (Å²) in [5.41, 5.74) is 0.530. The lowest BCUT2D eigenvalue weighted by Crippen LogP contribution is -2.20. The minimum absolute atomic E-state index is 0.405. The molecule has 1 aromatic heterocycles. The van der Waals surface area contributed by atoms with Crippen molar-refractivity contribution >= 4 is 56.7 Å². The second-order valence-corrected chi connectivity index (χ2v) is 7.59. The molecule has 2 aromatic carbocycles. The van der Waals surface area contributed by atoms with E-state index in [1.54, 1.807) is 24.3 Å². The van der Waals surface area contributed by atoms with E-state index in [0.717, 1.165) is 15.0 Å². The summed E-state index contributed by atoms with van der Waals surface area (Å²) in [6.07, 6.45) is 2.85. The van der Waals surface area contributed by atoms with Crippen molar-refractivity contribution < 1.29 is 23.8 Å². The van der Waals surface area contributed by atoms with Crippen molar-refractivity contribution in [3.05, 3.63) is 58.4 Å². The molecule has 0 unspecified atom stereocenters. The van der Waals surface area contributed by atoms with Gasteiger partial charge in [-0.3, -0.25) is 4.79 Å². The average Bonchev–Trinajstić information content (AvgIpc) is 3.06. The number of ether oxygens (including phenoxy) is 3. The molecule has 1 aliphatic heterocycles. The number of halogens is 1. The average molecular weight is 430 g/mol. The maximum atomic E-state index is 12.0. The Morgan fingerprint density at radius 1 is 1.14 bits per heavy atom. The number of amides is 1. The van der Waals surface area contributed by atoms with Crippen LogP contribution in [0.25, 0.3) is 16.2 Å². The number of thiophene rings is 1. The fourth-order valence-electron chi connectivity index (χ4n) is 2.79. The van der Waals surface area contributed by atoms with Crippen LogP contribution >= 0.6 is 22.9 Å². The van der Waals surface area contributed by atoms with Crippen molar-refractivity contribution in [3.8, 4) is 11.5 Å². The topological polar surface area (TPSA) is 73.9 Å². The predicted octanol–water partition coefficient (Wildman–Crippen LogP) is 4.52. The summed E-state index contributed by atoms with van der Waals surface area (Å²) in [6, 6.07) is 12.8. The van der Waals surface area contributed by atoms with E-state index in [9.17, 15) is 9.59 Å². The Morgan fingerprint density at radius 3 is 2.76 bits per heavy atom. The number of fused-ring (bicyclic) bond motifs is 2. The van der Waals surface area contributed by atoms with E-state index in [4.69, 9.17) is 25.8 Å². The van der Waals surface area contributed by atoms with Crippen LogP contribution in [0.4, 0.5) is 5.69 Å². The van der Waals surface area contributed by atoms with E-state index >= 15 is 0 Å². The van der Waals surface area contributed by atoms with Crippen LogP contribution in [0.3, 0.4) is 0 Å². The first-order valence-corrected chi connectivity index (χ1v) is 10.0. The van der Waals surface area contributed by atoms with Gasteiger partial charge < -0.3 is 19.5 Å². The number of carbonyl (C=O) groups excluding carboxylic acids is 2. The Labute approximate surface area is 175 Å². The molecular formula is C21H16ClNO5S. The maximum Gasteiger partial charge on any atom is 0.331 e. The smallest absolute Gasteiger partial charge is 0.331 e. The number of hydrogen-bond acceptors (Lipinski definition) is 6. The molecule has 0 atom stereocenters. The van der Waals surface area contributed by atoms with Crippen molar-refractivity contribution in [2.45, 2.75) is 0 Å². The van der Waals surface area contributed by atoms with Crippen LogP contribution in [-0.2, 0) is 14.3 Å². The van der Waals surface area contributed by atoms with Crippen LogP contribution in [0, 0.1) is 0 Å². The van der Waals surface area contributed by atoms with Gasteiger partial charge in [0.05, 0.1) is 5.02 Å². The van der Waals surface area contributed by atoms with Crippen LogP contribution in [0.15, 0.2) is 48.5 Å². The van der Waals surface area contributed by atoms with Crippen molar-refractivity contribution in [2.24, 2.45) is 0 Å². The van der Waals surface area contributed by atoms with Gasteiger partial charge in [0, 0.05) is 32.8 Å². The van der Waals surface area contributed by atoms with E-state index in [-0.39, 0.29) is 0 Å². The molecule has 1 N–H and O–H groups in total. The Morgan fingerprint density at radius 2 is 1.93 bits per heavy atom. The van der Waals surface area contributed by atoms with E-state index in [1.807, 2.05) is 24.3 Å². The predicted molar refractivity (Wildman–Crippen MR) is 113 cm³/mol. The number of carbonyl (C=O) groups is 2. The van der Waals surface area contributed by atoms with Gasteiger partial charge in [-0.1, -0.05) is 29.8 Å². The van der Waals surface area contributed by atoms with Gasteiger partial charge in [0.2, 0.25) is 0 Å². The molecule has 0 saturated carbocycles. The van der Waals surface area contributed by atoms with Crippen molar-refractivity contribution in [2.75, 3.05) is 25.1 Å². The van der Waals surface area contributed by atoms with Crippen LogP contribution in [-0.4, -0.2) is 31.7 Å². The first kappa shape index (κ1) is 19.3. The molecule has 0 aliphatic carbocycles. The van der Waals surface area contributed by atoms with Crippen LogP contribution in [0.5, 0.6) is 11.5 Å². The minimum Gasteiger partial charge on any atom is -0.486 e. The third-order valence-electron chi connectivity index (χ3n) is 4.10. The van der Waals surface area contributed by atoms with E-state index in [2.05, 4.69) is 5.32 Å². The molecular weight excluding hydrogens is 414 g/mol. The van der Waals surface area contributed by atoms with Crippen LogP contribution in [0.1, 0.15) is 4.88 Å². The molecule has 6 nitrogen and oxygen atoms in total.